The second kappa shape index (κ2) is 5.72. The molecule has 2 aromatic rings. The monoisotopic (exact) mass is 341 g/mol. The number of hydrogen-bond donors (Lipinski definition) is 1. The Kier molecular flexibility index (Phi) is 3.94. The Bertz CT molecular complexity index is 817. The van der Waals surface area contributed by atoms with E-state index >= 15 is 0 Å². The lowest BCUT2D eigenvalue weighted by atomic mass is 9.84. The van der Waals surface area contributed by atoms with E-state index in [-0.39, 0.29) is 17.9 Å². The Balaban J connectivity index is 1.86. The molecule has 1 aliphatic rings. The van der Waals surface area contributed by atoms with Gasteiger partial charge in [0.15, 0.2) is 5.76 Å². The van der Waals surface area contributed by atoms with Gasteiger partial charge < -0.3 is 9.84 Å². The van der Waals surface area contributed by atoms with E-state index in [1.807, 2.05) is 24.3 Å². The fourth-order valence-corrected chi connectivity index (χ4v) is 2.99. The fourth-order valence-electron chi connectivity index (χ4n) is 2.99. The van der Waals surface area contributed by atoms with Gasteiger partial charge in [0.1, 0.15) is 5.54 Å². The van der Waals surface area contributed by atoms with Crippen LogP contribution in [0.15, 0.2) is 34.9 Å². The number of amides is 3. The van der Waals surface area contributed by atoms with Crippen LogP contribution in [0, 0.1) is 6.92 Å². The van der Waals surface area contributed by atoms with Gasteiger partial charge in [-0.15, -0.1) is 0 Å². The Labute approximate surface area is 147 Å². The Morgan fingerprint density at radius 1 is 1.20 bits per heavy atom. The Morgan fingerprint density at radius 3 is 2.36 bits per heavy atom. The molecule has 3 rings (SSSR count). The number of aryl methyl sites for hydroxylation is 1. The second-order valence-electron chi connectivity index (χ2n) is 7.71. The zero-order valence-corrected chi connectivity index (χ0v) is 15.2. The molecule has 25 heavy (non-hydrogen) atoms. The average molecular weight is 341 g/mol. The number of rotatable bonds is 3. The van der Waals surface area contributed by atoms with Gasteiger partial charge in [0.2, 0.25) is 0 Å². The first-order valence-corrected chi connectivity index (χ1v) is 8.28. The van der Waals surface area contributed by atoms with Crippen LogP contribution in [0.3, 0.4) is 0 Å². The normalized spacial score (nSPS) is 20.9. The maximum Gasteiger partial charge on any atom is 0.325 e. The minimum Gasteiger partial charge on any atom is -0.359 e. The van der Waals surface area contributed by atoms with Crippen molar-refractivity contribution in [2.24, 2.45) is 0 Å². The van der Waals surface area contributed by atoms with Gasteiger partial charge in [0, 0.05) is 6.07 Å². The van der Waals surface area contributed by atoms with Crippen LogP contribution < -0.4 is 5.32 Å². The van der Waals surface area contributed by atoms with Crippen LogP contribution in [0.25, 0.3) is 0 Å². The van der Waals surface area contributed by atoms with Crippen molar-refractivity contribution >= 4 is 11.9 Å². The van der Waals surface area contributed by atoms with E-state index in [9.17, 15) is 9.59 Å². The summed E-state index contributed by atoms with van der Waals surface area (Å²) in [5.41, 5.74) is 1.59. The largest absolute Gasteiger partial charge is 0.359 e. The first-order chi connectivity index (χ1) is 11.6. The van der Waals surface area contributed by atoms with Gasteiger partial charge in [-0.25, -0.2) is 4.79 Å². The van der Waals surface area contributed by atoms with Crippen LogP contribution in [0.4, 0.5) is 4.79 Å². The van der Waals surface area contributed by atoms with Gasteiger partial charge in [0.05, 0.1) is 12.2 Å². The van der Waals surface area contributed by atoms with Crippen molar-refractivity contribution in [3.05, 3.63) is 52.9 Å². The highest BCUT2D eigenvalue weighted by Crippen LogP contribution is 2.31. The number of carbonyl (C=O) groups excluding carboxylic acids is 2. The molecule has 0 spiro atoms. The molecular formula is C19H23N3O3. The van der Waals surface area contributed by atoms with E-state index in [1.165, 1.54) is 5.56 Å². The van der Waals surface area contributed by atoms with Gasteiger partial charge >= 0.3 is 6.03 Å². The molecule has 1 aromatic carbocycles. The Hall–Kier alpha value is -2.63. The lowest BCUT2D eigenvalue weighted by Crippen LogP contribution is -2.40. The number of nitrogens with one attached hydrogen (secondary N) is 1. The number of aromatic nitrogens is 1. The predicted octanol–water partition coefficient (Wildman–Crippen LogP) is 3.25. The quantitative estimate of drug-likeness (QED) is 0.870. The number of urea groups is 1. The maximum absolute atomic E-state index is 12.9. The third-order valence-corrected chi connectivity index (χ3v) is 4.59. The molecule has 0 bridgehead atoms. The van der Waals surface area contributed by atoms with Crippen LogP contribution in [0.2, 0.25) is 0 Å². The number of carbonyl (C=O) groups is 2. The van der Waals surface area contributed by atoms with E-state index < -0.39 is 11.6 Å². The number of imide groups is 1. The van der Waals surface area contributed by atoms with Crippen molar-refractivity contribution in [2.45, 2.75) is 52.1 Å². The topological polar surface area (TPSA) is 75.4 Å². The summed E-state index contributed by atoms with van der Waals surface area (Å²) in [4.78, 5) is 26.4. The predicted molar refractivity (Wildman–Crippen MR) is 92.8 cm³/mol. The van der Waals surface area contributed by atoms with Crippen LogP contribution >= 0.6 is 0 Å². The molecule has 6 heteroatoms. The van der Waals surface area contributed by atoms with Crippen molar-refractivity contribution in [1.82, 2.24) is 15.4 Å². The standard InChI is InChI=1S/C19H23N3O3/c1-12-10-15(25-21-12)11-22-16(23)19(5,20-17(22)24)14-8-6-13(7-9-14)18(2,3)4/h6-10H,11H2,1-5H3,(H,20,24)/t19-/m1/s1. The molecule has 0 aliphatic carbocycles. The van der Waals surface area contributed by atoms with E-state index in [1.54, 1.807) is 19.9 Å². The highest BCUT2D eigenvalue weighted by atomic mass is 16.5. The number of nitrogens with zero attached hydrogens (tertiary/aromatic N) is 2. The Morgan fingerprint density at radius 2 is 1.84 bits per heavy atom. The molecule has 0 radical (unpaired) electrons. The highest BCUT2D eigenvalue weighted by Gasteiger charge is 2.49. The lowest BCUT2D eigenvalue weighted by molar-refractivity contribution is -0.131. The summed E-state index contributed by atoms with van der Waals surface area (Å²) in [5.74, 6) is 0.184. The molecule has 1 N–H and O–H groups in total. The van der Waals surface area contributed by atoms with Crippen molar-refractivity contribution in [2.75, 3.05) is 0 Å². The lowest BCUT2D eigenvalue weighted by Gasteiger charge is -2.24. The van der Waals surface area contributed by atoms with Crippen LogP contribution in [0.5, 0.6) is 0 Å². The summed E-state index contributed by atoms with van der Waals surface area (Å²) in [6.07, 6.45) is 0. The van der Waals surface area contributed by atoms with Gasteiger partial charge in [-0.3, -0.25) is 9.69 Å². The SMILES string of the molecule is Cc1cc(CN2C(=O)N[C@](C)(c3ccc(C(C)(C)C)cc3)C2=O)on1. The summed E-state index contributed by atoms with van der Waals surface area (Å²) in [6.45, 7) is 9.99. The van der Waals surface area contributed by atoms with E-state index in [4.69, 9.17) is 4.52 Å². The molecule has 1 aromatic heterocycles. The molecule has 6 nitrogen and oxygen atoms in total. The average Bonchev–Trinajstić information content (AvgIpc) is 3.04. The second-order valence-corrected chi connectivity index (χ2v) is 7.71. The molecule has 3 amide bonds. The first-order valence-electron chi connectivity index (χ1n) is 8.28. The molecule has 1 atom stereocenters. The number of hydrogen-bond acceptors (Lipinski definition) is 4. The maximum atomic E-state index is 12.9. The van der Waals surface area contributed by atoms with Crippen molar-refractivity contribution in [3.8, 4) is 0 Å². The highest BCUT2D eigenvalue weighted by molar-refractivity contribution is 6.07. The summed E-state index contributed by atoms with van der Waals surface area (Å²) in [6, 6.07) is 9.10. The van der Waals surface area contributed by atoms with E-state index in [2.05, 4.69) is 31.2 Å². The van der Waals surface area contributed by atoms with E-state index in [0.717, 1.165) is 10.5 Å². The van der Waals surface area contributed by atoms with Crippen LogP contribution in [-0.4, -0.2) is 22.0 Å². The summed E-state index contributed by atoms with van der Waals surface area (Å²) < 4.78 is 5.13. The molecule has 1 fully saturated rings. The summed E-state index contributed by atoms with van der Waals surface area (Å²) in [5, 5.41) is 6.60. The van der Waals surface area contributed by atoms with E-state index in [0.29, 0.717) is 11.5 Å². The zero-order chi connectivity index (χ0) is 18.4. The third kappa shape index (κ3) is 3.04. The van der Waals surface area contributed by atoms with Gasteiger partial charge in [-0.05, 0) is 30.4 Å². The van der Waals surface area contributed by atoms with Crippen LogP contribution in [0.1, 0.15) is 50.3 Å². The number of benzene rings is 1. The minimum atomic E-state index is -1.08. The molecule has 0 saturated carbocycles. The molecule has 1 saturated heterocycles. The fraction of sp³-hybridized carbons (Fsp3) is 0.421. The first kappa shape index (κ1) is 17.2. The molecule has 1 aliphatic heterocycles. The molecular weight excluding hydrogens is 318 g/mol. The molecule has 2 heterocycles. The minimum absolute atomic E-state index is 0.0263. The van der Waals surface area contributed by atoms with Gasteiger partial charge in [-0.1, -0.05) is 50.2 Å². The molecule has 0 unspecified atom stereocenters. The summed E-state index contributed by atoms with van der Waals surface area (Å²) >= 11 is 0. The van der Waals surface area contributed by atoms with Crippen molar-refractivity contribution in [3.63, 3.8) is 0 Å². The zero-order valence-electron chi connectivity index (χ0n) is 15.2. The smallest absolute Gasteiger partial charge is 0.325 e. The summed E-state index contributed by atoms with van der Waals surface area (Å²) in [7, 11) is 0. The van der Waals surface area contributed by atoms with Gasteiger partial charge in [-0.2, -0.15) is 0 Å². The van der Waals surface area contributed by atoms with Crippen LogP contribution in [-0.2, 0) is 22.3 Å². The van der Waals surface area contributed by atoms with Gasteiger partial charge in [0.25, 0.3) is 5.91 Å². The van der Waals surface area contributed by atoms with Crippen molar-refractivity contribution < 1.29 is 14.1 Å². The third-order valence-electron chi connectivity index (χ3n) is 4.59. The van der Waals surface area contributed by atoms with Crippen molar-refractivity contribution in [1.29, 1.82) is 0 Å². The molecule has 132 valence electrons.